The number of thiazole rings is 1. The number of carboxylic acid groups (broad SMARTS) is 1. The number of carbonyl (C=O) groups excluding carboxylic acids is 4. The largest absolute Gasteiger partial charge is 0.507 e. The maximum atomic E-state index is 16.5. The van der Waals surface area contributed by atoms with Crippen molar-refractivity contribution in [2.45, 2.75) is 76.4 Å². The minimum absolute atomic E-state index is 0.00637. The van der Waals surface area contributed by atoms with Gasteiger partial charge in [0.1, 0.15) is 52.3 Å². The number of halogens is 3. The Kier molecular flexibility index (Phi) is 20.2. The van der Waals surface area contributed by atoms with Crippen LogP contribution in [0.4, 0.5) is 30.1 Å². The molecular formula is C59H70ClF2N11O10S. The van der Waals surface area contributed by atoms with Gasteiger partial charge in [0.05, 0.1) is 48.7 Å². The Bertz CT molecular complexity index is 3350. The normalized spacial score (nSPS) is 16.4. The molecule has 1 saturated carbocycles. The number of benzene rings is 4. The summed E-state index contributed by atoms with van der Waals surface area (Å²) in [6.45, 7) is 5.04. The van der Waals surface area contributed by atoms with Gasteiger partial charge in [-0.15, -0.1) is 11.3 Å². The van der Waals surface area contributed by atoms with E-state index in [1.54, 1.807) is 7.05 Å². The van der Waals surface area contributed by atoms with Crippen molar-refractivity contribution in [2.24, 2.45) is 11.7 Å². The number of piperazine rings is 1. The molecule has 84 heavy (non-hydrogen) atoms. The van der Waals surface area contributed by atoms with E-state index in [0.29, 0.717) is 51.0 Å². The highest BCUT2D eigenvalue weighted by atomic mass is 35.5. The topological polar surface area (TPSA) is 258 Å². The van der Waals surface area contributed by atoms with Crippen LogP contribution in [0.5, 0.6) is 11.5 Å². The van der Waals surface area contributed by atoms with Crippen LogP contribution in [0, 0.1) is 17.6 Å². The summed E-state index contributed by atoms with van der Waals surface area (Å²) < 4.78 is 49.3. The van der Waals surface area contributed by atoms with E-state index in [0.717, 1.165) is 82.9 Å². The molecule has 3 fully saturated rings. The highest BCUT2D eigenvalue weighted by molar-refractivity contribution is 7.10. The number of hydrogen-bond donors (Lipinski definition) is 5. The number of carbonyl (C=O) groups is 5. The summed E-state index contributed by atoms with van der Waals surface area (Å²) in [7, 11) is 3.00. The van der Waals surface area contributed by atoms with Crippen molar-refractivity contribution in [3.05, 3.63) is 87.7 Å². The Morgan fingerprint density at radius 2 is 1.57 bits per heavy atom. The molecular weight excluding hydrogens is 1130 g/mol. The van der Waals surface area contributed by atoms with Gasteiger partial charge in [0, 0.05) is 93.6 Å². The van der Waals surface area contributed by atoms with Crippen LogP contribution in [0.15, 0.2) is 66.0 Å². The number of likely N-dealkylation sites (N-methyl/N-ethyl adjacent to an activating group) is 2. The molecule has 2 saturated heterocycles. The Morgan fingerprint density at radius 3 is 2.30 bits per heavy atom. The number of rotatable bonds is 23. The number of amides is 6. The molecule has 0 unspecified atom stereocenters. The molecule has 0 bridgehead atoms. The first-order valence-electron chi connectivity index (χ1n) is 28.3. The van der Waals surface area contributed by atoms with E-state index in [1.807, 2.05) is 51.6 Å². The van der Waals surface area contributed by atoms with Gasteiger partial charge in [0.2, 0.25) is 23.7 Å². The fraction of sp³-hybridized carbons (Fsp3) is 0.458. The van der Waals surface area contributed by atoms with Crippen LogP contribution in [0.1, 0.15) is 69.3 Å². The molecule has 4 aromatic carbocycles. The second kappa shape index (κ2) is 27.8. The van der Waals surface area contributed by atoms with Crippen LogP contribution in [-0.2, 0) is 23.9 Å². The molecule has 448 valence electrons. The summed E-state index contributed by atoms with van der Waals surface area (Å²) in [5, 5.41) is 30.8. The molecule has 3 atom stereocenters. The van der Waals surface area contributed by atoms with Crippen LogP contribution in [0.2, 0.25) is 5.02 Å². The number of urea groups is 1. The molecule has 6 N–H and O–H groups in total. The fourth-order valence-corrected chi connectivity index (χ4v) is 12.3. The molecule has 21 nitrogen and oxygen atoms in total. The molecule has 0 spiro atoms. The summed E-state index contributed by atoms with van der Waals surface area (Å²) in [6.07, 6.45) is 4.98. The van der Waals surface area contributed by atoms with Gasteiger partial charge in [-0.1, -0.05) is 61.2 Å². The number of primary amides is 1. The zero-order valence-corrected chi connectivity index (χ0v) is 48.7. The van der Waals surface area contributed by atoms with Crippen LogP contribution in [0.3, 0.4) is 0 Å². The summed E-state index contributed by atoms with van der Waals surface area (Å²) in [4.78, 5) is 86.3. The van der Waals surface area contributed by atoms with Crippen molar-refractivity contribution >= 4 is 86.2 Å². The van der Waals surface area contributed by atoms with Crippen LogP contribution < -0.4 is 26.0 Å². The van der Waals surface area contributed by atoms with Crippen LogP contribution >= 0.6 is 22.9 Å². The van der Waals surface area contributed by atoms with Gasteiger partial charge in [0.25, 0.3) is 0 Å². The van der Waals surface area contributed by atoms with Crippen molar-refractivity contribution in [3.8, 4) is 33.9 Å². The SMILES string of the molecule is C[C@@H](C(=O)N[C@H](C(=O)N1CCC[C@H]1c1nc(-c2ccc(OCCOCCOCCN(C)C(=O)CCNc3nc(N4CCN(C(N)=O)CC4)c4cc(Cl)c(-c5c(O)cccc5F)c(F)c4n3)c3ccccc23)cs1)C1CCCCC1)N(C)C(=O)O. The first-order valence-corrected chi connectivity index (χ1v) is 29.5. The second-order valence-corrected chi connectivity index (χ2v) is 22.5. The molecule has 2 aromatic heterocycles. The lowest BCUT2D eigenvalue weighted by molar-refractivity contribution is -0.140. The predicted molar refractivity (Wildman–Crippen MR) is 315 cm³/mol. The van der Waals surface area contributed by atoms with Gasteiger partial charge >= 0.3 is 12.1 Å². The van der Waals surface area contributed by atoms with E-state index in [4.69, 9.17) is 36.5 Å². The highest BCUT2D eigenvalue weighted by Gasteiger charge is 2.41. The third kappa shape index (κ3) is 13.9. The average Bonchev–Trinajstić information content (AvgIpc) is 1.69. The molecule has 25 heteroatoms. The molecule has 6 amide bonds. The standard InChI is InChI=1S/C59H70ClF2N11O10S/c1-35(70(3)59(79)80)54(76)66-51(36-11-5-4-6-12-36)56(77)73-22-10-16-44(73)55-65-43(34-84-55)38-18-19-46(39-14-8-7-13-37(38)39)83-32-31-82-30-29-81-28-27-69(2)47(75)20-21-64-58-67-52-40(53(68-58)71-23-25-72(26-24-71)57(63)78)33-41(60)48(50(52)62)49-42(61)15-9-17-45(49)74/h7-9,13-15,17-19,33-36,44,51,74H,4-6,10-12,16,20-32H2,1-3H3,(H2,63,78)(H,66,76)(H,79,80)(H,64,67,68)/t35-,44-,51-/m0/s1. The maximum absolute atomic E-state index is 16.5. The van der Waals surface area contributed by atoms with Crippen molar-refractivity contribution in [3.63, 3.8) is 0 Å². The van der Waals surface area contributed by atoms with E-state index in [2.05, 4.69) is 20.6 Å². The number of hydrogen-bond acceptors (Lipinski definition) is 15. The smallest absolute Gasteiger partial charge is 0.407 e. The van der Waals surface area contributed by atoms with Gasteiger partial charge in [-0.25, -0.2) is 28.3 Å². The number of likely N-dealkylation sites (tertiary alicyclic amines) is 1. The van der Waals surface area contributed by atoms with E-state index in [9.17, 15) is 34.2 Å². The van der Waals surface area contributed by atoms with Crippen LogP contribution in [0.25, 0.3) is 44.1 Å². The van der Waals surface area contributed by atoms with Crippen molar-refractivity contribution < 1.29 is 57.2 Å². The second-order valence-electron chi connectivity index (χ2n) is 21.2. The Labute approximate surface area is 494 Å². The third-order valence-electron chi connectivity index (χ3n) is 15.9. The number of ether oxygens (including phenoxy) is 3. The van der Waals surface area contributed by atoms with Crippen LogP contribution in [-0.4, -0.2) is 180 Å². The number of nitrogens with two attached hydrogens (primary N) is 1. The van der Waals surface area contributed by atoms with Crippen molar-refractivity contribution in [1.82, 2.24) is 39.9 Å². The molecule has 4 heterocycles. The van der Waals surface area contributed by atoms with Gasteiger partial charge in [0.15, 0.2) is 5.82 Å². The Hall–Kier alpha value is -7.67. The minimum Gasteiger partial charge on any atom is -0.507 e. The molecule has 9 rings (SSSR count). The van der Waals surface area contributed by atoms with E-state index < -0.39 is 53.1 Å². The van der Waals surface area contributed by atoms with Gasteiger partial charge in [-0.3, -0.25) is 19.3 Å². The Morgan fingerprint density at radius 1 is 0.845 bits per heavy atom. The molecule has 1 aliphatic carbocycles. The number of anilines is 2. The number of nitrogens with zero attached hydrogens (tertiary/aromatic N) is 8. The molecule has 3 aliphatic rings. The number of phenols is 1. The first kappa shape index (κ1) is 60.9. The lowest BCUT2D eigenvalue weighted by atomic mass is 9.83. The number of phenolic OH excluding ortho intramolecular Hbond substituents is 1. The Balaban J connectivity index is 0.732. The summed E-state index contributed by atoms with van der Waals surface area (Å²) in [6, 6.07) is 14.3. The summed E-state index contributed by atoms with van der Waals surface area (Å²) in [5.74, 6) is -2.28. The van der Waals surface area contributed by atoms with E-state index >= 15 is 8.78 Å². The van der Waals surface area contributed by atoms with Gasteiger partial charge < -0.3 is 60.4 Å². The van der Waals surface area contributed by atoms with Crippen molar-refractivity contribution in [2.75, 3.05) is 103 Å². The van der Waals surface area contributed by atoms with Gasteiger partial charge in [-0.05, 0) is 74.2 Å². The van der Waals surface area contributed by atoms with Crippen molar-refractivity contribution in [1.29, 1.82) is 0 Å². The third-order valence-corrected chi connectivity index (χ3v) is 17.2. The lowest BCUT2D eigenvalue weighted by Crippen LogP contribution is -2.56. The zero-order chi connectivity index (χ0) is 59.6. The molecule has 0 radical (unpaired) electrons. The predicted octanol–water partition coefficient (Wildman–Crippen LogP) is 8.51. The fourth-order valence-electron chi connectivity index (χ4n) is 11.1. The average molecular weight is 1200 g/mol. The maximum Gasteiger partial charge on any atom is 0.407 e. The number of aromatic hydroxyl groups is 1. The number of nitrogens with one attached hydrogen (secondary N) is 2. The van der Waals surface area contributed by atoms with E-state index in [1.165, 1.54) is 53.3 Å². The lowest BCUT2D eigenvalue weighted by Gasteiger charge is -2.35. The number of fused-ring (bicyclic) bond motifs is 2. The monoisotopic (exact) mass is 1200 g/mol. The summed E-state index contributed by atoms with van der Waals surface area (Å²) >= 11 is 8.08. The molecule has 2 aliphatic heterocycles. The minimum atomic E-state index is -1.22. The quantitative estimate of drug-likeness (QED) is 0.0377. The summed E-state index contributed by atoms with van der Waals surface area (Å²) in [5.41, 5.74) is 6.22. The number of aromatic nitrogens is 3. The van der Waals surface area contributed by atoms with E-state index in [-0.39, 0.29) is 97.1 Å². The molecule has 6 aromatic rings. The zero-order valence-electron chi connectivity index (χ0n) is 47.2. The highest BCUT2D eigenvalue weighted by Crippen LogP contribution is 2.44. The van der Waals surface area contributed by atoms with Gasteiger partial charge in [-0.2, -0.15) is 4.98 Å². The first-order chi connectivity index (χ1) is 40.5.